The van der Waals surface area contributed by atoms with Gasteiger partial charge in [-0.25, -0.2) is 0 Å². The number of benzene rings is 3. The van der Waals surface area contributed by atoms with Crippen LogP contribution >= 0.6 is 11.8 Å². The highest BCUT2D eigenvalue weighted by Gasteiger charge is 2.21. The average Bonchev–Trinajstić information content (AvgIpc) is 2.70. The van der Waals surface area contributed by atoms with Crippen molar-refractivity contribution in [2.24, 2.45) is 0 Å². The fourth-order valence-corrected chi connectivity index (χ4v) is 4.22. The lowest BCUT2D eigenvalue weighted by Crippen LogP contribution is -2.17. The zero-order valence-corrected chi connectivity index (χ0v) is 18.6. The average molecular weight is 415 g/mol. The Bertz CT molecular complexity index is 1080. The van der Waals surface area contributed by atoms with Crippen molar-refractivity contribution < 1.29 is 4.79 Å². The smallest absolute Gasteiger partial charge is 0.228 e. The lowest BCUT2D eigenvalue weighted by Gasteiger charge is -2.22. The molecule has 0 radical (unpaired) electrons. The van der Waals surface area contributed by atoms with Crippen molar-refractivity contribution in [3.8, 4) is 17.2 Å². The van der Waals surface area contributed by atoms with E-state index in [9.17, 15) is 10.1 Å². The Morgan fingerprint density at radius 3 is 2.27 bits per heavy atom. The van der Waals surface area contributed by atoms with Gasteiger partial charge in [0.25, 0.3) is 0 Å². The molecule has 0 bridgehead atoms. The summed E-state index contributed by atoms with van der Waals surface area (Å²) >= 11 is 1.65. The molecule has 0 aromatic heterocycles. The van der Waals surface area contributed by atoms with Gasteiger partial charge in [0, 0.05) is 15.2 Å². The highest BCUT2D eigenvalue weighted by atomic mass is 32.2. The van der Waals surface area contributed by atoms with E-state index >= 15 is 0 Å². The first-order valence-corrected chi connectivity index (χ1v) is 10.8. The fraction of sp³-hybridized carbons (Fsp3) is 0.231. The van der Waals surface area contributed by atoms with Crippen LogP contribution in [0.1, 0.15) is 37.5 Å². The van der Waals surface area contributed by atoms with Crippen LogP contribution in [0.25, 0.3) is 11.1 Å². The normalized spacial score (nSPS) is 11.0. The Morgan fingerprint density at radius 1 is 1.00 bits per heavy atom. The SMILES string of the molecule is Cc1ccc(CC(=O)Nc2c(SC(C)(C)C)ccc(-c3ccccc3)c2C#N)cc1. The summed E-state index contributed by atoms with van der Waals surface area (Å²) in [7, 11) is 0. The van der Waals surface area contributed by atoms with Gasteiger partial charge in [0.2, 0.25) is 5.91 Å². The molecule has 1 amide bonds. The number of nitrogens with zero attached hydrogens (tertiary/aromatic N) is 1. The third-order valence-electron chi connectivity index (χ3n) is 4.53. The van der Waals surface area contributed by atoms with Gasteiger partial charge in [-0.1, -0.05) is 87.0 Å². The van der Waals surface area contributed by atoms with Crippen molar-refractivity contribution in [1.29, 1.82) is 5.26 Å². The van der Waals surface area contributed by atoms with Gasteiger partial charge >= 0.3 is 0 Å². The Kier molecular flexibility index (Phi) is 6.64. The third kappa shape index (κ3) is 5.52. The van der Waals surface area contributed by atoms with Crippen LogP contribution in [0.4, 0.5) is 5.69 Å². The van der Waals surface area contributed by atoms with Gasteiger partial charge in [-0.15, -0.1) is 11.8 Å². The molecular weight excluding hydrogens is 388 g/mol. The summed E-state index contributed by atoms with van der Waals surface area (Å²) in [6.45, 7) is 8.38. The summed E-state index contributed by atoms with van der Waals surface area (Å²) < 4.78 is -0.0581. The van der Waals surface area contributed by atoms with E-state index < -0.39 is 0 Å². The lowest BCUT2D eigenvalue weighted by atomic mass is 9.98. The lowest BCUT2D eigenvalue weighted by molar-refractivity contribution is -0.115. The molecule has 0 aliphatic rings. The van der Waals surface area contributed by atoms with E-state index in [-0.39, 0.29) is 17.1 Å². The second-order valence-corrected chi connectivity index (χ2v) is 10.1. The van der Waals surface area contributed by atoms with Crippen LogP contribution in [-0.2, 0) is 11.2 Å². The number of anilines is 1. The Morgan fingerprint density at radius 2 is 1.67 bits per heavy atom. The predicted molar refractivity (Wildman–Crippen MR) is 126 cm³/mol. The molecule has 0 aliphatic heterocycles. The van der Waals surface area contributed by atoms with Crippen LogP contribution in [0, 0.1) is 18.3 Å². The van der Waals surface area contributed by atoms with Crippen molar-refractivity contribution in [1.82, 2.24) is 0 Å². The van der Waals surface area contributed by atoms with Gasteiger partial charge in [0.15, 0.2) is 0 Å². The van der Waals surface area contributed by atoms with E-state index in [0.717, 1.165) is 27.1 Å². The van der Waals surface area contributed by atoms with Crippen molar-refractivity contribution in [2.45, 2.75) is 43.8 Å². The quantitative estimate of drug-likeness (QED) is 0.478. The molecule has 0 saturated heterocycles. The number of carbonyl (C=O) groups is 1. The molecule has 0 saturated carbocycles. The van der Waals surface area contributed by atoms with Crippen LogP contribution in [-0.4, -0.2) is 10.7 Å². The Hall–Kier alpha value is -3.03. The molecule has 0 aliphatic carbocycles. The number of hydrogen-bond donors (Lipinski definition) is 1. The molecule has 0 spiro atoms. The summed E-state index contributed by atoms with van der Waals surface area (Å²) in [4.78, 5) is 13.8. The van der Waals surface area contributed by atoms with Gasteiger partial charge < -0.3 is 5.32 Å². The topological polar surface area (TPSA) is 52.9 Å². The summed E-state index contributed by atoms with van der Waals surface area (Å²) in [6.07, 6.45) is 0.264. The zero-order chi connectivity index (χ0) is 21.7. The maximum Gasteiger partial charge on any atom is 0.228 e. The summed E-state index contributed by atoms with van der Waals surface area (Å²) in [5.41, 5.74) is 4.96. The van der Waals surface area contributed by atoms with Crippen molar-refractivity contribution in [2.75, 3.05) is 5.32 Å². The van der Waals surface area contributed by atoms with E-state index in [1.54, 1.807) is 11.8 Å². The van der Waals surface area contributed by atoms with E-state index in [2.05, 4.69) is 32.2 Å². The molecule has 4 heteroatoms. The maximum atomic E-state index is 12.9. The minimum absolute atomic E-state index is 0.0581. The van der Waals surface area contributed by atoms with Crippen LogP contribution in [0.5, 0.6) is 0 Å². The van der Waals surface area contributed by atoms with E-state index in [1.165, 1.54) is 0 Å². The third-order valence-corrected chi connectivity index (χ3v) is 5.70. The van der Waals surface area contributed by atoms with Gasteiger partial charge in [0.1, 0.15) is 6.07 Å². The first kappa shape index (κ1) is 21.7. The first-order chi connectivity index (χ1) is 14.3. The van der Waals surface area contributed by atoms with Gasteiger partial charge in [0.05, 0.1) is 17.7 Å². The molecule has 3 aromatic carbocycles. The van der Waals surface area contributed by atoms with Crippen LogP contribution in [0.2, 0.25) is 0 Å². The molecule has 3 rings (SSSR count). The molecule has 3 nitrogen and oxygen atoms in total. The largest absolute Gasteiger partial charge is 0.324 e. The van der Waals surface area contributed by atoms with E-state index in [0.29, 0.717) is 11.3 Å². The summed E-state index contributed by atoms with van der Waals surface area (Å²) in [5.74, 6) is -0.128. The number of rotatable bonds is 5. The van der Waals surface area contributed by atoms with Gasteiger partial charge in [-0.3, -0.25) is 4.79 Å². The zero-order valence-electron chi connectivity index (χ0n) is 17.8. The number of carbonyl (C=O) groups excluding carboxylic acids is 1. The standard InChI is InChI=1S/C26H26N2OS/c1-18-10-12-19(13-11-18)16-24(29)28-25-22(17-27)21(20-8-6-5-7-9-20)14-15-23(25)30-26(2,3)4/h5-15H,16H2,1-4H3,(H,28,29). The summed E-state index contributed by atoms with van der Waals surface area (Å²) in [6, 6.07) is 24.0. The second kappa shape index (κ2) is 9.19. The molecule has 0 unspecified atom stereocenters. The van der Waals surface area contributed by atoms with Crippen molar-refractivity contribution >= 4 is 23.4 Å². The first-order valence-electron chi connectivity index (χ1n) is 9.94. The molecule has 0 heterocycles. The highest BCUT2D eigenvalue weighted by molar-refractivity contribution is 8.00. The molecule has 30 heavy (non-hydrogen) atoms. The minimum Gasteiger partial charge on any atom is -0.324 e. The van der Waals surface area contributed by atoms with Crippen LogP contribution in [0.15, 0.2) is 71.6 Å². The van der Waals surface area contributed by atoms with E-state index in [4.69, 9.17) is 0 Å². The van der Waals surface area contributed by atoms with E-state index in [1.807, 2.05) is 73.7 Å². The summed E-state index contributed by atoms with van der Waals surface area (Å²) in [5, 5.41) is 13.0. The molecule has 0 atom stereocenters. The number of hydrogen-bond acceptors (Lipinski definition) is 3. The van der Waals surface area contributed by atoms with Crippen molar-refractivity contribution in [3.05, 3.63) is 83.4 Å². The monoisotopic (exact) mass is 414 g/mol. The molecule has 152 valence electrons. The molecule has 1 N–H and O–H groups in total. The number of nitrogens with one attached hydrogen (secondary N) is 1. The molecular formula is C26H26N2OS. The van der Waals surface area contributed by atoms with Crippen LogP contribution in [0.3, 0.4) is 0 Å². The molecule has 0 fully saturated rings. The van der Waals surface area contributed by atoms with Gasteiger partial charge in [-0.05, 0) is 24.1 Å². The predicted octanol–water partition coefficient (Wildman–Crippen LogP) is 6.61. The fourth-order valence-electron chi connectivity index (χ4n) is 3.17. The highest BCUT2D eigenvalue weighted by Crippen LogP contribution is 2.41. The van der Waals surface area contributed by atoms with Crippen LogP contribution < -0.4 is 5.32 Å². The number of amides is 1. The maximum absolute atomic E-state index is 12.9. The second-order valence-electron chi connectivity index (χ2n) is 8.26. The minimum atomic E-state index is -0.128. The Labute approximate surface area is 183 Å². The molecule has 3 aromatic rings. The number of thioether (sulfide) groups is 1. The number of aryl methyl sites for hydroxylation is 1. The van der Waals surface area contributed by atoms with Gasteiger partial charge in [-0.2, -0.15) is 5.26 Å². The Balaban J connectivity index is 2.01. The number of nitriles is 1. The van der Waals surface area contributed by atoms with Crippen molar-refractivity contribution in [3.63, 3.8) is 0 Å².